The van der Waals surface area contributed by atoms with Gasteiger partial charge in [-0.05, 0) is 157 Å². The van der Waals surface area contributed by atoms with Crippen LogP contribution in [0.4, 0.5) is 0 Å². The lowest BCUT2D eigenvalue weighted by atomic mass is 10.0. The van der Waals surface area contributed by atoms with Gasteiger partial charge in [0.15, 0.2) is 0 Å². The number of unbranched alkanes of at least 4 members (excludes halogenated alkanes) is 12. The molecule has 0 radical (unpaired) electrons. The van der Waals surface area contributed by atoms with Gasteiger partial charge in [0.1, 0.15) is 0 Å². The van der Waals surface area contributed by atoms with Gasteiger partial charge in [-0.2, -0.15) is 0 Å². The summed E-state index contributed by atoms with van der Waals surface area (Å²) < 4.78 is 67.5. The first-order valence-electron chi connectivity index (χ1n) is 26.7. The van der Waals surface area contributed by atoms with Crippen molar-refractivity contribution in [1.82, 2.24) is 0 Å². The van der Waals surface area contributed by atoms with Crippen LogP contribution in [0.3, 0.4) is 0 Å². The normalized spacial score (nSPS) is 11.3. The van der Waals surface area contributed by atoms with Crippen LogP contribution in [0, 0.1) is 0 Å². The number of hydrogen-bond donors (Lipinski definition) is 0. The Kier molecular flexibility index (Phi) is 39.9. The number of carbonyl (C=O) groups is 6. The molecule has 0 aliphatic carbocycles. The minimum absolute atomic E-state index is 0.230. The van der Waals surface area contributed by atoms with E-state index in [1.807, 2.05) is 0 Å². The van der Waals surface area contributed by atoms with E-state index in [1.165, 1.54) is 0 Å². The monoisotopic (exact) mass is 1060 g/mol. The van der Waals surface area contributed by atoms with Crippen LogP contribution in [0.2, 0.25) is 0 Å². The third kappa shape index (κ3) is 38.0. The molecule has 0 atom stereocenters. The molecule has 0 aromatic rings. The molecule has 0 heterocycles. The van der Waals surface area contributed by atoms with Crippen LogP contribution in [0.15, 0.2) is 72.9 Å². The molecule has 0 spiro atoms. The summed E-state index contributed by atoms with van der Waals surface area (Å²) in [5.41, 5.74) is 1.93. The predicted octanol–water partition coefficient (Wildman–Crippen LogP) is 13.3. The first-order valence-corrected chi connectivity index (χ1v) is 28.2. The molecule has 0 fully saturated rings. The molecular weight excluding hydrogens is 972 g/mol. The first kappa shape index (κ1) is 69.4. The van der Waals surface area contributed by atoms with Gasteiger partial charge in [0, 0.05) is 33.4 Å². The predicted molar refractivity (Wildman–Crippen MR) is 288 cm³/mol. The van der Waals surface area contributed by atoms with Gasteiger partial charge in [-0.25, -0.2) is 33.3 Å². The van der Waals surface area contributed by atoms with Crippen molar-refractivity contribution in [2.45, 2.75) is 214 Å². The van der Waals surface area contributed by atoms with E-state index >= 15 is 4.57 Å². The summed E-state index contributed by atoms with van der Waals surface area (Å²) in [4.78, 5) is 72.0. The fraction of sp³-hybridized carbons (Fsp3) is 0.684. The Balaban J connectivity index is 6.82. The van der Waals surface area contributed by atoms with Crippen molar-refractivity contribution < 1.29 is 75.3 Å². The van der Waals surface area contributed by atoms with Gasteiger partial charge in [0.25, 0.3) is 0 Å². The molecule has 0 saturated heterocycles. The van der Waals surface area contributed by atoms with Crippen LogP contribution in [0.5, 0.6) is 0 Å². The molecule has 16 nitrogen and oxygen atoms in total. The maximum Gasteiger partial charge on any atom is 0.475 e. The number of carbonyl (C=O) groups excluding carboxylic acids is 6. The molecular formula is C57H93O16P. The minimum atomic E-state index is -4.38. The first-order chi connectivity index (χ1) is 35.1. The summed E-state index contributed by atoms with van der Waals surface area (Å²) in [6.45, 7) is 32.8. The van der Waals surface area contributed by atoms with E-state index in [0.717, 1.165) is 0 Å². The molecule has 0 amide bonds. The Morgan fingerprint density at radius 1 is 0.284 bits per heavy atom. The van der Waals surface area contributed by atoms with Gasteiger partial charge in [0.2, 0.25) is 0 Å². The van der Waals surface area contributed by atoms with Crippen molar-refractivity contribution >= 4 is 43.6 Å². The van der Waals surface area contributed by atoms with E-state index in [0.29, 0.717) is 188 Å². The van der Waals surface area contributed by atoms with Gasteiger partial charge < -0.3 is 28.4 Å². The quantitative estimate of drug-likeness (QED) is 0.0183. The van der Waals surface area contributed by atoms with Crippen LogP contribution in [-0.2, 0) is 75.3 Å². The van der Waals surface area contributed by atoms with Crippen LogP contribution in [0.1, 0.15) is 196 Å². The Morgan fingerprint density at radius 3 is 0.568 bits per heavy atom. The van der Waals surface area contributed by atoms with E-state index in [-0.39, 0.29) is 39.6 Å². The van der Waals surface area contributed by atoms with Crippen molar-refractivity contribution in [3.05, 3.63) is 72.9 Å². The average molecular weight is 1070 g/mol. The Hall–Kier alpha value is -4.63. The highest BCUT2D eigenvalue weighted by Gasteiger charge is 2.37. The van der Waals surface area contributed by atoms with Crippen molar-refractivity contribution in [1.29, 1.82) is 0 Å². The molecule has 0 bridgehead atoms. The van der Waals surface area contributed by atoms with Crippen LogP contribution in [0.25, 0.3) is 0 Å². The summed E-state index contributed by atoms with van der Waals surface area (Å²) in [7, 11) is -4.38. The van der Waals surface area contributed by atoms with Crippen LogP contribution >= 0.6 is 7.82 Å². The second-order valence-corrected chi connectivity index (χ2v) is 20.7. The summed E-state index contributed by atoms with van der Waals surface area (Å²) in [5, 5.41) is 0. The highest BCUT2D eigenvalue weighted by atomic mass is 31.2. The number of phosphoric ester groups is 1. The van der Waals surface area contributed by atoms with Gasteiger partial charge in [-0.1, -0.05) is 78.0 Å². The van der Waals surface area contributed by atoms with Crippen molar-refractivity contribution in [2.24, 2.45) is 0 Å². The lowest BCUT2D eigenvalue weighted by Gasteiger charge is -2.31. The molecule has 0 rings (SSSR count). The lowest BCUT2D eigenvalue weighted by Crippen LogP contribution is -2.22. The number of ether oxygens (including phenoxy) is 6. The smallest absolute Gasteiger partial charge is 0.462 e. The second kappa shape index (κ2) is 42.6. The molecule has 422 valence electrons. The molecule has 0 aliphatic heterocycles. The fourth-order valence-corrected chi connectivity index (χ4v) is 8.88. The van der Waals surface area contributed by atoms with Crippen molar-refractivity contribution in [3.63, 3.8) is 0 Å². The molecule has 0 aromatic carbocycles. The average Bonchev–Trinajstić information content (AvgIpc) is 3.33. The fourth-order valence-electron chi connectivity index (χ4n) is 7.00. The largest absolute Gasteiger partial charge is 0.475 e. The van der Waals surface area contributed by atoms with Gasteiger partial charge >= 0.3 is 43.6 Å². The third-order valence-corrected chi connectivity index (χ3v) is 13.0. The SMILES string of the molecule is C=C(C)C(=O)OCCCCCC(CCCCCOC(=O)C(=C)C)OP(=O)(OC(CCCCCOC(=O)C(=C)C)CCCCCOC(=O)C(=C)C)OC(CCCCCOC(=O)C(=C)C)CCCCCOC(=O)C(=C)C. The Morgan fingerprint density at radius 2 is 0.432 bits per heavy atom. The number of phosphoric acid groups is 1. The summed E-state index contributed by atoms with van der Waals surface area (Å²) in [5.74, 6) is -2.70. The van der Waals surface area contributed by atoms with Crippen molar-refractivity contribution in [2.75, 3.05) is 39.6 Å². The maximum absolute atomic E-state index is 15.6. The number of hydrogen-bond acceptors (Lipinski definition) is 16. The summed E-state index contributed by atoms with van der Waals surface area (Å²) >= 11 is 0. The second-order valence-electron chi connectivity index (χ2n) is 19.2. The van der Waals surface area contributed by atoms with E-state index in [2.05, 4.69) is 39.5 Å². The van der Waals surface area contributed by atoms with E-state index in [1.54, 1.807) is 41.5 Å². The zero-order valence-corrected chi connectivity index (χ0v) is 47.1. The number of rotatable bonds is 48. The molecule has 74 heavy (non-hydrogen) atoms. The summed E-state index contributed by atoms with van der Waals surface area (Å²) in [6, 6.07) is 0. The van der Waals surface area contributed by atoms with Crippen LogP contribution < -0.4 is 0 Å². The standard InChI is InChI=1S/C57H93O16P/c1-43(2)52(58)65-37-25-13-19-31-49(32-20-14-26-38-66-53(59)44(3)4)71-74(64,72-50(33-21-15-27-39-67-54(60)45(5)6)34-22-16-28-40-68-55(61)46(7)8)73-51(35-23-17-29-41-69-56(62)47(9)10)36-24-18-30-42-70-57(63)48(11)12/h49-51H,1,3,5,7,9,11,13-42H2,2,4,6,8,10,12H3. The van der Waals surface area contributed by atoms with E-state index in [9.17, 15) is 28.8 Å². The molecule has 0 aromatic heterocycles. The summed E-state index contributed by atoms with van der Waals surface area (Å²) in [6.07, 6.45) is 13.1. The molecule has 0 unspecified atom stereocenters. The zero-order chi connectivity index (χ0) is 55.7. The minimum Gasteiger partial charge on any atom is -0.462 e. The maximum atomic E-state index is 15.6. The van der Waals surface area contributed by atoms with E-state index in [4.69, 9.17) is 42.0 Å². The topological polar surface area (TPSA) is 203 Å². The Labute approximate surface area is 444 Å². The highest BCUT2D eigenvalue weighted by Crippen LogP contribution is 2.55. The van der Waals surface area contributed by atoms with E-state index < -0.39 is 62.0 Å². The van der Waals surface area contributed by atoms with Gasteiger partial charge in [-0.15, -0.1) is 0 Å². The third-order valence-electron chi connectivity index (χ3n) is 11.3. The molecule has 0 N–H and O–H groups in total. The molecule has 0 saturated carbocycles. The number of esters is 6. The van der Waals surface area contributed by atoms with Gasteiger partial charge in [-0.3, -0.25) is 13.6 Å². The Bertz CT molecular complexity index is 1520. The molecule has 17 heteroatoms. The van der Waals surface area contributed by atoms with Crippen molar-refractivity contribution in [3.8, 4) is 0 Å². The highest BCUT2D eigenvalue weighted by molar-refractivity contribution is 7.48. The lowest BCUT2D eigenvalue weighted by molar-refractivity contribution is -0.139. The van der Waals surface area contributed by atoms with Crippen LogP contribution in [-0.4, -0.2) is 93.8 Å². The zero-order valence-electron chi connectivity index (χ0n) is 46.2. The molecule has 0 aliphatic rings. The van der Waals surface area contributed by atoms with Gasteiger partial charge in [0.05, 0.1) is 58.0 Å².